The summed E-state index contributed by atoms with van der Waals surface area (Å²) in [5.74, 6) is 0.411. The second-order valence-electron chi connectivity index (χ2n) is 4.92. The maximum Gasteiger partial charge on any atom is 0.376 e. The molecule has 0 saturated carbocycles. The van der Waals surface area contributed by atoms with E-state index in [4.69, 9.17) is 0 Å². The molecule has 0 fully saturated rings. The number of nitrogens with one attached hydrogen (secondary N) is 1. The highest BCUT2D eigenvalue weighted by molar-refractivity contribution is 5.65. The van der Waals surface area contributed by atoms with Crippen molar-refractivity contribution in [2.45, 2.75) is 6.54 Å². The number of aromatic amines is 1. The van der Waals surface area contributed by atoms with Crippen LogP contribution in [0.4, 0.5) is 17.3 Å². The van der Waals surface area contributed by atoms with Gasteiger partial charge in [0.2, 0.25) is 5.82 Å². The largest absolute Gasteiger partial charge is 0.376 e. The third kappa shape index (κ3) is 3.12. The zero-order chi connectivity index (χ0) is 16.9. The van der Waals surface area contributed by atoms with Gasteiger partial charge < -0.3 is 9.88 Å². The molecule has 0 unspecified atom stereocenters. The van der Waals surface area contributed by atoms with Crippen molar-refractivity contribution < 1.29 is 4.92 Å². The van der Waals surface area contributed by atoms with E-state index in [9.17, 15) is 14.9 Å². The van der Waals surface area contributed by atoms with Crippen LogP contribution in [0.25, 0.3) is 0 Å². The van der Waals surface area contributed by atoms with Gasteiger partial charge in [0.1, 0.15) is 5.82 Å². The molecule has 1 aromatic carbocycles. The molecule has 3 aromatic rings. The van der Waals surface area contributed by atoms with E-state index in [1.165, 1.54) is 0 Å². The third-order valence-electron chi connectivity index (χ3n) is 3.36. The zero-order valence-electron chi connectivity index (χ0n) is 12.5. The molecule has 0 amide bonds. The second-order valence-corrected chi connectivity index (χ2v) is 4.92. The number of hydrogen-bond donors (Lipinski definition) is 1. The predicted octanol–water partition coefficient (Wildman–Crippen LogP) is 2.41. The monoisotopic (exact) mass is 323 g/mol. The minimum Gasteiger partial charge on any atom is -0.307 e. The molecular formula is C16H13N5O3. The molecule has 2 heterocycles. The number of nitrogens with zero attached hydrogens (tertiary/aromatic N) is 4. The first-order chi connectivity index (χ1) is 11.7. The SMILES string of the molecule is O=c1[nH]cnc(N(Cc2ccccc2)c2ccccn2)c1[N+](=O)[O-]. The van der Waals surface area contributed by atoms with Gasteiger partial charge in [-0.2, -0.15) is 0 Å². The Kier molecular flexibility index (Phi) is 4.28. The lowest BCUT2D eigenvalue weighted by Gasteiger charge is -2.22. The Morgan fingerprint density at radius 1 is 1.08 bits per heavy atom. The Bertz CT molecular complexity index is 896. The van der Waals surface area contributed by atoms with Crippen LogP contribution in [0.3, 0.4) is 0 Å². The fourth-order valence-electron chi connectivity index (χ4n) is 2.29. The molecule has 0 aliphatic heterocycles. The van der Waals surface area contributed by atoms with Gasteiger partial charge in [0.15, 0.2) is 0 Å². The standard InChI is InChI=1S/C16H13N5O3/c22-16-14(21(23)24)15(18-11-19-16)20(13-8-4-5-9-17-13)10-12-6-2-1-3-7-12/h1-9,11H,10H2,(H,18,19,22). The number of benzene rings is 1. The molecule has 0 aliphatic rings. The van der Waals surface area contributed by atoms with Gasteiger partial charge in [-0.05, 0) is 17.7 Å². The molecule has 1 N–H and O–H groups in total. The molecule has 0 atom stereocenters. The molecule has 0 spiro atoms. The normalized spacial score (nSPS) is 10.3. The van der Waals surface area contributed by atoms with Crippen LogP contribution in [0, 0.1) is 10.1 Å². The summed E-state index contributed by atoms with van der Waals surface area (Å²) in [6, 6.07) is 14.6. The van der Waals surface area contributed by atoms with Crippen LogP contribution in [0.2, 0.25) is 0 Å². The van der Waals surface area contributed by atoms with Gasteiger partial charge in [-0.15, -0.1) is 0 Å². The lowest BCUT2D eigenvalue weighted by atomic mass is 10.2. The molecular weight excluding hydrogens is 310 g/mol. The van der Waals surface area contributed by atoms with Crippen LogP contribution in [-0.2, 0) is 6.54 Å². The number of rotatable bonds is 5. The van der Waals surface area contributed by atoms with Crippen LogP contribution in [0.15, 0.2) is 65.8 Å². The summed E-state index contributed by atoms with van der Waals surface area (Å²) < 4.78 is 0. The van der Waals surface area contributed by atoms with Crippen LogP contribution in [-0.4, -0.2) is 19.9 Å². The Morgan fingerprint density at radius 2 is 1.83 bits per heavy atom. The summed E-state index contributed by atoms with van der Waals surface area (Å²) in [4.78, 5) is 34.5. The van der Waals surface area contributed by atoms with E-state index in [1.807, 2.05) is 30.3 Å². The molecule has 24 heavy (non-hydrogen) atoms. The summed E-state index contributed by atoms with van der Waals surface area (Å²) in [6.45, 7) is 0.287. The number of nitro groups is 1. The lowest BCUT2D eigenvalue weighted by molar-refractivity contribution is -0.385. The van der Waals surface area contributed by atoms with Crippen molar-refractivity contribution in [2.24, 2.45) is 0 Å². The first kappa shape index (κ1) is 15.3. The van der Waals surface area contributed by atoms with E-state index in [-0.39, 0.29) is 12.4 Å². The summed E-state index contributed by atoms with van der Waals surface area (Å²) >= 11 is 0. The van der Waals surface area contributed by atoms with Crippen LogP contribution in [0.5, 0.6) is 0 Å². The van der Waals surface area contributed by atoms with Gasteiger partial charge >= 0.3 is 11.2 Å². The minimum atomic E-state index is -0.806. The van der Waals surface area contributed by atoms with E-state index in [2.05, 4.69) is 15.0 Å². The number of hydrogen-bond acceptors (Lipinski definition) is 6. The lowest BCUT2D eigenvalue weighted by Crippen LogP contribution is -2.24. The van der Waals surface area contributed by atoms with Crippen molar-refractivity contribution in [3.8, 4) is 0 Å². The molecule has 8 heteroatoms. The van der Waals surface area contributed by atoms with Crippen LogP contribution < -0.4 is 10.5 Å². The number of aromatic nitrogens is 3. The van der Waals surface area contributed by atoms with Crippen LogP contribution >= 0.6 is 0 Å². The first-order valence-corrected chi connectivity index (χ1v) is 7.11. The fourth-order valence-corrected chi connectivity index (χ4v) is 2.29. The summed E-state index contributed by atoms with van der Waals surface area (Å²) in [5.41, 5.74) is -0.516. The maximum absolute atomic E-state index is 11.9. The molecule has 0 saturated heterocycles. The fraction of sp³-hybridized carbons (Fsp3) is 0.0625. The maximum atomic E-state index is 11.9. The summed E-state index contributed by atoms with van der Waals surface area (Å²) in [7, 11) is 0. The summed E-state index contributed by atoms with van der Waals surface area (Å²) in [5, 5.41) is 11.3. The first-order valence-electron chi connectivity index (χ1n) is 7.11. The van der Waals surface area contributed by atoms with Gasteiger partial charge in [0, 0.05) is 6.20 Å². The number of pyridine rings is 1. The molecule has 0 bridgehead atoms. The molecule has 8 nitrogen and oxygen atoms in total. The Hall–Kier alpha value is -3.55. The average molecular weight is 323 g/mol. The van der Waals surface area contributed by atoms with Gasteiger partial charge in [-0.25, -0.2) is 9.97 Å². The zero-order valence-corrected chi connectivity index (χ0v) is 12.5. The van der Waals surface area contributed by atoms with Crippen molar-refractivity contribution in [1.82, 2.24) is 15.0 Å². The topological polar surface area (TPSA) is 105 Å². The smallest absolute Gasteiger partial charge is 0.307 e. The number of H-pyrrole nitrogens is 1. The highest BCUT2D eigenvalue weighted by Gasteiger charge is 2.27. The minimum absolute atomic E-state index is 0.0497. The molecule has 0 radical (unpaired) electrons. The second kappa shape index (κ2) is 6.69. The quantitative estimate of drug-likeness (QED) is 0.571. The van der Waals surface area contributed by atoms with Crippen molar-refractivity contribution in [2.75, 3.05) is 4.90 Å². The third-order valence-corrected chi connectivity index (χ3v) is 3.36. The Morgan fingerprint density at radius 3 is 2.50 bits per heavy atom. The van der Waals surface area contributed by atoms with Gasteiger partial charge in [-0.3, -0.25) is 14.9 Å². The molecule has 120 valence electrons. The van der Waals surface area contributed by atoms with Crippen molar-refractivity contribution in [3.63, 3.8) is 0 Å². The molecule has 2 aromatic heterocycles. The Balaban J connectivity index is 2.14. The number of anilines is 2. The molecule has 3 rings (SSSR count). The van der Waals surface area contributed by atoms with Crippen molar-refractivity contribution >= 4 is 17.3 Å². The van der Waals surface area contributed by atoms with E-state index >= 15 is 0 Å². The predicted molar refractivity (Wildman–Crippen MR) is 88.0 cm³/mol. The van der Waals surface area contributed by atoms with Gasteiger partial charge in [-0.1, -0.05) is 36.4 Å². The van der Waals surface area contributed by atoms with Crippen molar-refractivity contribution in [3.05, 3.63) is 87.1 Å². The highest BCUT2D eigenvalue weighted by atomic mass is 16.6. The van der Waals surface area contributed by atoms with Crippen molar-refractivity contribution in [1.29, 1.82) is 0 Å². The molecule has 0 aliphatic carbocycles. The average Bonchev–Trinajstić information content (AvgIpc) is 2.61. The van der Waals surface area contributed by atoms with Gasteiger partial charge in [0.05, 0.1) is 17.8 Å². The van der Waals surface area contributed by atoms with E-state index in [1.54, 1.807) is 29.3 Å². The van der Waals surface area contributed by atoms with E-state index in [0.29, 0.717) is 5.82 Å². The highest BCUT2D eigenvalue weighted by Crippen LogP contribution is 2.29. The summed E-state index contributed by atoms with van der Waals surface area (Å²) in [6.07, 6.45) is 2.72. The van der Waals surface area contributed by atoms with Crippen LogP contribution in [0.1, 0.15) is 5.56 Å². The Labute approximate surface area is 136 Å². The van der Waals surface area contributed by atoms with Gasteiger partial charge in [0.25, 0.3) is 0 Å². The van der Waals surface area contributed by atoms with E-state index < -0.39 is 16.2 Å². The van der Waals surface area contributed by atoms with E-state index in [0.717, 1.165) is 11.9 Å².